The number of fused-ring (bicyclic) bond motifs is 9. The minimum Gasteiger partial charge on any atom is -0.456 e. The molecule has 59 heavy (non-hydrogen) atoms. The van der Waals surface area contributed by atoms with E-state index in [0.717, 1.165) is 94.1 Å². The summed E-state index contributed by atoms with van der Waals surface area (Å²) in [6.07, 6.45) is 0. The Morgan fingerprint density at radius 3 is 1.83 bits per heavy atom. The summed E-state index contributed by atoms with van der Waals surface area (Å²) in [5.74, 6) is 0. The number of nitrogens with zero attached hydrogens (tertiary/aromatic N) is 1. The van der Waals surface area contributed by atoms with Gasteiger partial charge in [0.05, 0.1) is 5.69 Å². The fourth-order valence-corrected chi connectivity index (χ4v) is 9.10. The zero-order valence-electron chi connectivity index (χ0n) is 32.0. The molecule has 0 aliphatic carbocycles. The smallest absolute Gasteiger partial charge is 0.143 e. The van der Waals surface area contributed by atoms with Gasteiger partial charge in [0.1, 0.15) is 22.3 Å². The Balaban J connectivity index is 1.04. The fourth-order valence-electron chi connectivity index (χ4n) is 9.10. The molecule has 0 radical (unpaired) electrons. The van der Waals surface area contributed by atoms with E-state index < -0.39 is 0 Å². The van der Waals surface area contributed by atoms with Gasteiger partial charge in [-0.2, -0.15) is 0 Å². The van der Waals surface area contributed by atoms with Crippen LogP contribution in [-0.4, -0.2) is 0 Å². The molecule has 12 rings (SSSR count). The number of para-hydroxylation sites is 2. The van der Waals surface area contributed by atoms with Gasteiger partial charge in [-0.15, -0.1) is 0 Å². The summed E-state index contributed by atoms with van der Waals surface area (Å²) < 4.78 is 13.0. The molecule has 0 unspecified atom stereocenters. The van der Waals surface area contributed by atoms with Gasteiger partial charge in [0, 0.05) is 43.9 Å². The molecule has 12 aromatic rings. The number of furan rings is 2. The maximum atomic E-state index is 6.68. The summed E-state index contributed by atoms with van der Waals surface area (Å²) in [6, 6.07) is 75.8. The van der Waals surface area contributed by atoms with E-state index in [2.05, 4.69) is 205 Å². The summed E-state index contributed by atoms with van der Waals surface area (Å²) >= 11 is 0. The van der Waals surface area contributed by atoms with Gasteiger partial charge in [0.2, 0.25) is 0 Å². The van der Waals surface area contributed by atoms with Gasteiger partial charge in [-0.1, -0.05) is 152 Å². The Labute approximate surface area is 340 Å². The van der Waals surface area contributed by atoms with Crippen molar-refractivity contribution in [2.75, 3.05) is 4.90 Å². The molecule has 0 atom stereocenters. The van der Waals surface area contributed by atoms with Crippen molar-refractivity contribution in [3.8, 4) is 33.4 Å². The molecule has 0 aliphatic heterocycles. The van der Waals surface area contributed by atoms with E-state index in [1.165, 1.54) is 21.7 Å². The molecule has 2 aromatic heterocycles. The zero-order valence-corrected chi connectivity index (χ0v) is 32.0. The lowest BCUT2D eigenvalue weighted by Crippen LogP contribution is -2.11. The van der Waals surface area contributed by atoms with Crippen LogP contribution in [0.5, 0.6) is 0 Å². The van der Waals surface area contributed by atoms with Gasteiger partial charge in [-0.25, -0.2) is 0 Å². The third kappa shape index (κ3) is 5.44. The standard InChI is InChI=1S/C56H35NO2/c1-3-17-43-37(12-1)14-10-21-44(43)40-15-9-16-42(34-40)57(41-30-26-36(27-31-41)39-29-32-48-47-20-6-8-24-52(47)58-54(48)35-39)51-23-7-5-19-46(51)49-22-11-25-53-55(49)50-33-28-38-13-2-4-18-45(38)56(50)59-53/h1-35H. The molecule has 0 aliphatic rings. The highest BCUT2D eigenvalue weighted by Crippen LogP contribution is 2.46. The van der Waals surface area contributed by atoms with Gasteiger partial charge in [-0.05, 0) is 105 Å². The molecule has 0 saturated carbocycles. The van der Waals surface area contributed by atoms with Crippen LogP contribution in [0.1, 0.15) is 0 Å². The first kappa shape index (κ1) is 33.3. The van der Waals surface area contributed by atoms with Gasteiger partial charge in [0.15, 0.2) is 0 Å². The average Bonchev–Trinajstić information content (AvgIpc) is 3.88. The lowest BCUT2D eigenvalue weighted by Gasteiger charge is -2.28. The van der Waals surface area contributed by atoms with Crippen LogP contribution in [0.3, 0.4) is 0 Å². The maximum absolute atomic E-state index is 6.68. The molecule has 0 saturated heterocycles. The van der Waals surface area contributed by atoms with Gasteiger partial charge in [-0.3, -0.25) is 0 Å². The molecule has 276 valence electrons. The molecule has 3 nitrogen and oxygen atoms in total. The molecular formula is C56H35NO2. The third-order valence-corrected chi connectivity index (χ3v) is 11.9. The second kappa shape index (κ2) is 13.4. The van der Waals surface area contributed by atoms with Crippen molar-refractivity contribution in [1.29, 1.82) is 0 Å². The number of hydrogen-bond acceptors (Lipinski definition) is 3. The Morgan fingerprint density at radius 2 is 0.932 bits per heavy atom. The zero-order chi connectivity index (χ0) is 38.9. The minimum absolute atomic E-state index is 0.874. The molecule has 10 aromatic carbocycles. The maximum Gasteiger partial charge on any atom is 0.143 e. The molecule has 0 fully saturated rings. The predicted octanol–water partition coefficient (Wildman–Crippen LogP) is 16.3. The Kier molecular flexibility index (Phi) is 7.54. The number of rotatable bonds is 6. The minimum atomic E-state index is 0.874. The highest BCUT2D eigenvalue weighted by Gasteiger charge is 2.22. The summed E-state index contributed by atoms with van der Waals surface area (Å²) in [7, 11) is 0. The molecule has 0 bridgehead atoms. The lowest BCUT2D eigenvalue weighted by molar-refractivity contribution is 0.669. The largest absolute Gasteiger partial charge is 0.456 e. The van der Waals surface area contributed by atoms with Crippen LogP contribution in [-0.2, 0) is 0 Å². The van der Waals surface area contributed by atoms with Crippen LogP contribution in [0.2, 0.25) is 0 Å². The van der Waals surface area contributed by atoms with Gasteiger partial charge >= 0.3 is 0 Å². The van der Waals surface area contributed by atoms with Gasteiger partial charge < -0.3 is 13.7 Å². The van der Waals surface area contributed by atoms with Crippen molar-refractivity contribution in [3.05, 3.63) is 212 Å². The number of anilines is 3. The van der Waals surface area contributed by atoms with E-state index in [0.29, 0.717) is 0 Å². The highest BCUT2D eigenvalue weighted by molar-refractivity contribution is 6.20. The first-order valence-corrected chi connectivity index (χ1v) is 20.1. The van der Waals surface area contributed by atoms with Crippen LogP contribution in [0, 0.1) is 0 Å². The van der Waals surface area contributed by atoms with Crippen molar-refractivity contribution < 1.29 is 8.83 Å². The second-order valence-corrected chi connectivity index (χ2v) is 15.2. The Hall–Kier alpha value is -7.88. The number of benzene rings is 10. The number of hydrogen-bond donors (Lipinski definition) is 0. The topological polar surface area (TPSA) is 29.5 Å². The van der Waals surface area contributed by atoms with E-state index in [-0.39, 0.29) is 0 Å². The normalized spacial score (nSPS) is 11.7. The van der Waals surface area contributed by atoms with Crippen molar-refractivity contribution in [3.63, 3.8) is 0 Å². The second-order valence-electron chi connectivity index (χ2n) is 15.2. The van der Waals surface area contributed by atoms with E-state index in [9.17, 15) is 0 Å². The molecule has 3 heteroatoms. The van der Waals surface area contributed by atoms with Crippen LogP contribution >= 0.6 is 0 Å². The Morgan fingerprint density at radius 1 is 0.305 bits per heavy atom. The van der Waals surface area contributed by atoms with Crippen LogP contribution in [0.25, 0.3) is 98.8 Å². The van der Waals surface area contributed by atoms with Crippen LogP contribution < -0.4 is 4.90 Å². The molecule has 0 N–H and O–H groups in total. The summed E-state index contributed by atoms with van der Waals surface area (Å²) in [6.45, 7) is 0. The van der Waals surface area contributed by atoms with Crippen molar-refractivity contribution in [2.45, 2.75) is 0 Å². The fraction of sp³-hybridized carbons (Fsp3) is 0. The van der Waals surface area contributed by atoms with Crippen molar-refractivity contribution in [1.82, 2.24) is 0 Å². The molecule has 0 amide bonds. The summed E-state index contributed by atoms with van der Waals surface area (Å²) in [5, 5.41) is 9.23. The quantitative estimate of drug-likeness (QED) is 0.169. The van der Waals surface area contributed by atoms with E-state index >= 15 is 0 Å². The first-order valence-electron chi connectivity index (χ1n) is 20.1. The molecular weight excluding hydrogens is 719 g/mol. The highest BCUT2D eigenvalue weighted by atomic mass is 16.3. The summed E-state index contributed by atoms with van der Waals surface area (Å²) in [5.41, 5.74) is 13.6. The average molecular weight is 754 g/mol. The van der Waals surface area contributed by atoms with Crippen LogP contribution in [0.15, 0.2) is 221 Å². The molecule has 2 heterocycles. The predicted molar refractivity (Wildman–Crippen MR) is 247 cm³/mol. The van der Waals surface area contributed by atoms with Crippen molar-refractivity contribution in [2.24, 2.45) is 0 Å². The van der Waals surface area contributed by atoms with Crippen LogP contribution in [0.4, 0.5) is 17.1 Å². The SMILES string of the molecule is c1cc(-c2cccc3ccccc23)cc(N(c2ccc(-c3ccc4c(c3)oc3ccccc34)cc2)c2ccccc2-c2cccc3oc4c5ccccc5ccc4c23)c1. The van der Waals surface area contributed by atoms with Gasteiger partial charge in [0.25, 0.3) is 0 Å². The van der Waals surface area contributed by atoms with E-state index in [1.54, 1.807) is 0 Å². The lowest BCUT2D eigenvalue weighted by atomic mass is 9.95. The van der Waals surface area contributed by atoms with E-state index in [4.69, 9.17) is 8.83 Å². The van der Waals surface area contributed by atoms with E-state index in [1.807, 2.05) is 12.1 Å². The third-order valence-electron chi connectivity index (χ3n) is 11.9. The Bertz CT molecular complexity index is 3570. The molecule has 0 spiro atoms. The van der Waals surface area contributed by atoms with Crippen molar-refractivity contribution >= 4 is 82.5 Å². The first-order chi connectivity index (χ1) is 29.2. The monoisotopic (exact) mass is 753 g/mol. The summed E-state index contributed by atoms with van der Waals surface area (Å²) in [4.78, 5) is 2.40.